The van der Waals surface area contributed by atoms with Crippen molar-refractivity contribution in [2.45, 2.75) is 13.8 Å². The van der Waals surface area contributed by atoms with Gasteiger partial charge in [-0.25, -0.2) is 0 Å². The molecule has 0 unspecified atom stereocenters. The van der Waals surface area contributed by atoms with Crippen LogP contribution in [0.25, 0.3) is 6.08 Å². The minimum atomic E-state index is -0.443. The molecule has 0 spiro atoms. The van der Waals surface area contributed by atoms with E-state index in [1.54, 1.807) is 6.08 Å². The molecule has 1 saturated heterocycles. The number of rotatable bonds is 4. The molecule has 5 nitrogen and oxygen atoms in total. The van der Waals surface area contributed by atoms with Crippen molar-refractivity contribution < 1.29 is 14.4 Å². The lowest BCUT2D eigenvalue weighted by atomic mass is 10.1. The molecule has 2 aromatic carbocycles. The number of hydrogen-bond acceptors (Lipinski definition) is 4. The third-order valence-electron chi connectivity index (χ3n) is 4.11. The number of amides is 3. The Balaban J connectivity index is 1.74. The number of aryl methyl sites for hydroxylation is 2. The highest BCUT2D eigenvalue weighted by Gasteiger charge is 2.36. The molecule has 1 aliphatic heterocycles. The van der Waals surface area contributed by atoms with Crippen LogP contribution in [0.1, 0.15) is 16.7 Å². The Morgan fingerprint density at radius 2 is 1.78 bits per heavy atom. The van der Waals surface area contributed by atoms with E-state index in [-0.39, 0.29) is 6.54 Å². The average molecular weight is 492 g/mol. The van der Waals surface area contributed by atoms with Gasteiger partial charge in [0.25, 0.3) is 11.1 Å². The van der Waals surface area contributed by atoms with Crippen LogP contribution in [-0.4, -0.2) is 28.5 Å². The largest absolute Gasteiger partial charge is 0.324 e. The summed E-state index contributed by atoms with van der Waals surface area (Å²) in [4.78, 5) is 38.5. The van der Waals surface area contributed by atoms with Crippen LogP contribution >= 0.6 is 34.4 Å². The number of carbonyl (C=O) groups is 3. The first-order valence-electron chi connectivity index (χ1n) is 8.23. The zero-order chi connectivity index (χ0) is 19.6. The molecule has 27 heavy (non-hydrogen) atoms. The SMILES string of the molecule is Cc1cccc(C)c1NC(=O)CN1C(=O)S/C(=C\c2ccccc2I)C1=O. The van der Waals surface area contributed by atoms with Crippen molar-refractivity contribution in [1.82, 2.24) is 4.90 Å². The number of para-hydroxylation sites is 1. The van der Waals surface area contributed by atoms with Gasteiger partial charge < -0.3 is 5.32 Å². The number of imide groups is 1. The van der Waals surface area contributed by atoms with Gasteiger partial charge in [0.15, 0.2) is 0 Å². The van der Waals surface area contributed by atoms with Crippen molar-refractivity contribution in [3.05, 3.63) is 67.6 Å². The summed E-state index contributed by atoms with van der Waals surface area (Å²) in [7, 11) is 0. The summed E-state index contributed by atoms with van der Waals surface area (Å²) in [6, 6.07) is 13.3. The average Bonchev–Trinajstić information content (AvgIpc) is 2.88. The summed E-state index contributed by atoms with van der Waals surface area (Å²) in [5, 5.41) is 2.37. The minimum absolute atomic E-state index is 0.304. The van der Waals surface area contributed by atoms with Gasteiger partial charge in [0.2, 0.25) is 5.91 Å². The van der Waals surface area contributed by atoms with Crippen molar-refractivity contribution in [3.63, 3.8) is 0 Å². The fourth-order valence-corrected chi connectivity index (χ4v) is 4.08. The van der Waals surface area contributed by atoms with Crippen LogP contribution in [0.3, 0.4) is 0 Å². The molecule has 138 valence electrons. The highest BCUT2D eigenvalue weighted by molar-refractivity contribution is 14.1. The Bertz CT molecular complexity index is 951. The van der Waals surface area contributed by atoms with Gasteiger partial charge in [0.05, 0.1) is 4.91 Å². The van der Waals surface area contributed by atoms with Gasteiger partial charge in [-0.2, -0.15) is 0 Å². The molecule has 0 bridgehead atoms. The van der Waals surface area contributed by atoms with Gasteiger partial charge in [-0.05, 0) is 77.0 Å². The number of hydrogen-bond donors (Lipinski definition) is 1. The van der Waals surface area contributed by atoms with Crippen LogP contribution in [-0.2, 0) is 9.59 Å². The Morgan fingerprint density at radius 1 is 1.11 bits per heavy atom. The summed E-state index contributed by atoms with van der Waals surface area (Å²) < 4.78 is 0.981. The number of halogens is 1. The zero-order valence-electron chi connectivity index (χ0n) is 14.8. The van der Waals surface area contributed by atoms with Crippen LogP contribution in [0.4, 0.5) is 10.5 Å². The smallest absolute Gasteiger partial charge is 0.294 e. The molecule has 7 heteroatoms. The zero-order valence-corrected chi connectivity index (χ0v) is 17.8. The fraction of sp³-hybridized carbons (Fsp3) is 0.150. The fourth-order valence-electron chi connectivity index (χ4n) is 2.70. The molecule has 1 fully saturated rings. The van der Waals surface area contributed by atoms with Crippen LogP contribution in [0, 0.1) is 17.4 Å². The molecule has 0 saturated carbocycles. The molecular weight excluding hydrogens is 475 g/mol. The molecule has 0 aromatic heterocycles. The van der Waals surface area contributed by atoms with E-state index in [9.17, 15) is 14.4 Å². The van der Waals surface area contributed by atoms with Gasteiger partial charge >= 0.3 is 0 Å². The van der Waals surface area contributed by atoms with Crippen molar-refractivity contribution in [1.29, 1.82) is 0 Å². The molecule has 1 heterocycles. The van der Waals surface area contributed by atoms with Crippen LogP contribution in [0.15, 0.2) is 47.4 Å². The lowest BCUT2D eigenvalue weighted by molar-refractivity contribution is -0.127. The van der Waals surface area contributed by atoms with Crippen LogP contribution < -0.4 is 5.32 Å². The van der Waals surface area contributed by atoms with Gasteiger partial charge in [-0.3, -0.25) is 19.3 Å². The molecule has 0 aliphatic carbocycles. The molecule has 3 amide bonds. The predicted octanol–water partition coefficient (Wildman–Crippen LogP) is 4.58. The molecule has 0 radical (unpaired) electrons. The molecule has 1 aliphatic rings. The maximum Gasteiger partial charge on any atom is 0.294 e. The lowest BCUT2D eigenvalue weighted by Gasteiger charge is -2.15. The van der Waals surface area contributed by atoms with E-state index >= 15 is 0 Å². The van der Waals surface area contributed by atoms with E-state index < -0.39 is 17.1 Å². The standard InChI is InChI=1S/C20H17IN2O3S/c1-12-6-5-7-13(2)18(12)22-17(24)11-23-19(25)16(27-20(23)26)10-14-8-3-4-9-15(14)21/h3-10H,11H2,1-2H3,(H,22,24)/b16-10-. The van der Waals surface area contributed by atoms with Crippen LogP contribution in [0.5, 0.6) is 0 Å². The maximum atomic E-state index is 12.6. The van der Waals surface area contributed by atoms with E-state index in [1.807, 2.05) is 56.3 Å². The first-order chi connectivity index (χ1) is 12.9. The van der Waals surface area contributed by atoms with Crippen molar-refractivity contribution in [2.24, 2.45) is 0 Å². The lowest BCUT2D eigenvalue weighted by Crippen LogP contribution is -2.36. The number of thioether (sulfide) groups is 1. The second-order valence-electron chi connectivity index (χ2n) is 6.10. The Morgan fingerprint density at radius 3 is 2.44 bits per heavy atom. The monoisotopic (exact) mass is 492 g/mol. The first kappa shape index (κ1) is 19.6. The molecule has 0 atom stereocenters. The maximum absolute atomic E-state index is 12.6. The number of carbonyl (C=O) groups excluding carboxylic acids is 3. The summed E-state index contributed by atoms with van der Waals surface area (Å²) in [6.07, 6.45) is 1.69. The van der Waals surface area contributed by atoms with Crippen molar-refractivity contribution in [2.75, 3.05) is 11.9 Å². The normalized spacial score (nSPS) is 15.5. The summed E-state index contributed by atoms with van der Waals surface area (Å²) >= 11 is 3.03. The minimum Gasteiger partial charge on any atom is -0.324 e. The van der Waals surface area contributed by atoms with E-state index in [2.05, 4.69) is 27.9 Å². The predicted molar refractivity (Wildman–Crippen MR) is 116 cm³/mol. The van der Waals surface area contributed by atoms with E-state index in [0.717, 1.165) is 36.9 Å². The Labute approximate surface area is 175 Å². The van der Waals surface area contributed by atoms with E-state index in [1.165, 1.54) is 0 Å². The van der Waals surface area contributed by atoms with Gasteiger partial charge in [-0.1, -0.05) is 36.4 Å². The topological polar surface area (TPSA) is 66.5 Å². The van der Waals surface area contributed by atoms with Gasteiger partial charge in [0.1, 0.15) is 6.54 Å². The third kappa shape index (κ3) is 4.41. The highest BCUT2D eigenvalue weighted by atomic mass is 127. The molecule has 3 rings (SSSR count). The number of nitrogens with zero attached hydrogens (tertiary/aromatic N) is 1. The van der Waals surface area contributed by atoms with Gasteiger partial charge in [-0.15, -0.1) is 0 Å². The first-order valence-corrected chi connectivity index (χ1v) is 10.1. The molecular formula is C20H17IN2O3S. The van der Waals surface area contributed by atoms with Crippen molar-refractivity contribution >= 4 is 63.2 Å². The third-order valence-corrected chi connectivity index (χ3v) is 6.00. The molecule has 2 aromatic rings. The quantitative estimate of drug-likeness (QED) is 0.501. The van der Waals surface area contributed by atoms with Crippen molar-refractivity contribution in [3.8, 4) is 0 Å². The summed E-state index contributed by atoms with van der Waals surface area (Å²) in [5.74, 6) is -0.841. The number of benzene rings is 2. The number of nitrogens with one attached hydrogen (secondary N) is 1. The Kier molecular flexibility index (Phi) is 6.01. The second kappa shape index (κ2) is 8.26. The number of anilines is 1. The highest BCUT2D eigenvalue weighted by Crippen LogP contribution is 2.33. The Hall–Kier alpha value is -2.13. The molecule has 1 N–H and O–H groups in total. The van der Waals surface area contributed by atoms with E-state index in [0.29, 0.717) is 10.6 Å². The summed E-state index contributed by atoms with van der Waals surface area (Å²) in [5.41, 5.74) is 3.43. The second-order valence-corrected chi connectivity index (χ2v) is 8.26. The van der Waals surface area contributed by atoms with Crippen LogP contribution in [0.2, 0.25) is 0 Å². The summed E-state index contributed by atoms with van der Waals surface area (Å²) in [6.45, 7) is 3.49. The van der Waals surface area contributed by atoms with E-state index in [4.69, 9.17) is 0 Å². The van der Waals surface area contributed by atoms with Gasteiger partial charge in [0, 0.05) is 9.26 Å².